The van der Waals surface area contributed by atoms with Crippen LogP contribution in [0.4, 0.5) is 0 Å². The first-order valence-corrected chi connectivity index (χ1v) is 7.74. The minimum absolute atomic E-state index is 0.109. The lowest BCUT2D eigenvalue weighted by atomic mass is 9.90. The molecule has 3 nitrogen and oxygen atoms in total. The van der Waals surface area contributed by atoms with Crippen LogP contribution in [0.3, 0.4) is 0 Å². The van der Waals surface area contributed by atoms with Gasteiger partial charge in [-0.2, -0.15) is 0 Å². The fraction of sp³-hybridized carbons (Fsp3) is 0.812. The van der Waals surface area contributed by atoms with Gasteiger partial charge in [-0.1, -0.05) is 58.1 Å². The van der Waals surface area contributed by atoms with Crippen LogP contribution in [-0.4, -0.2) is 23.3 Å². The molecule has 1 fully saturated rings. The van der Waals surface area contributed by atoms with Crippen molar-refractivity contribution >= 4 is 5.97 Å². The summed E-state index contributed by atoms with van der Waals surface area (Å²) >= 11 is 0. The summed E-state index contributed by atoms with van der Waals surface area (Å²) in [5.41, 5.74) is 0. The van der Waals surface area contributed by atoms with Crippen LogP contribution < -0.4 is 0 Å². The molecule has 0 aromatic rings. The second-order valence-electron chi connectivity index (χ2n) is 5.46. The van der Waals surface area contributed by atoms with E-state index < -0.39 is 0 Å². The lowest BCUT2D eigenvalue weighted by Crippen LogP contribution is -2.45. The van der Waals surface area contributed by atoms with E-state index >= 15 is 0 Å². The van der Waals surface area contributed by atoms with Gasteiger partial charge in [-0.05, 0) is 12.8 Å². The summed E-state index contributed by atoms with van der Waals surface area (Å²) in [4.78, 5) is 11.4. The average Bonchev–Trinajstić information content (AvgIpc) is 2.38. The monoisotopic (exact) mass is 268 g/mol. The molecule has 0 aliphatic carbocycles. The third-order valence-electron chi connectivity index (χ3n) is 3.65. The Kier molecular flexibility index (Phi) is 7.80. The summed E-state index contributed by atoms with van der Waals surface area (Å²) in [6.45, 7) is 4.30. The molecular weight excluding hydrogens is 240 g/mol. The molecule has 3 heteroatoms. The minimum atomic E-state index is -0.337. The molecule has 0 radical (unpaired) electrons. The quantitative estimate of drug-likeness (QED) is 0.374. The number of hydrogen-bond acceptors (Lipinski definition) is 3. The first kappa shape index (κ1) is 16.2. The summed E-state index contributed by atoms with van der Waals surface area (Å²) in [6.07, 6.45) is 11.7. The van der Waals surface area contributed by atoms with Crippen molar-refractivity contribution in [2.45, 2.75) is 77.4 Å². The van der Waals surface area contributed by atoms with Crippen molar-refractivity contribution in [3.05, 3.63) is 12.2 Å². The molecule has 1 saturated heterocycles. The smallest absolute Gasteiger partial charge is 0.316 e. The molecule has 0 spiro atoms. The standard InChI is InChI=1S/C16H28O3/c1-3-5-7-9-11-14-15(19-16(14)18)12-13(17)10-8-6-4-2/h9,11,13-15,17H,3-8,10,12H2,1-2H3/b11-9+. The number of unbranched alkanes of at least 4 members (excludes halogenated alkanes) is 4. The lowest BCUT2D eigenvalue weighted by Gasteiger charge is -2.34. The Hall–Kier alpha value is -0.830. The molecule has 0 amide bonds. The fourth-order valence-electron chi connectivity index (χ4n) is 2.36. The van der Waals surface area contributed by atoms with Crippen molar-refractivity contribution in [2.24, 2.45) is 5.92 Å². The Morgan fingerprint density at radius 1 is 1.26 bits per heavy atom. The van der Waals surface area contributed by atoms with E-state index in [0.29, 0.717) is 6.42 Å². The Morgan fingerprint density at radius 3 is 2.63 bits per heavy atom. The molecule has 1 aliphatic rings. The molecule has 1 N–H and O–H groups in total. The number of aliphatic hydroxyl groups excluding tert-OH is 1. The highest BCUT2D eigenvalue weighted by molar-refractivity contribution is 5.80. The summed E-state index contributed by atoms with van der Waals surface area (Å²) in [6, 6.07) is 0. The van der Waals surface area contributed by atoms with E-state index in [2.05, 4.69) is 19.9 Å². The Balaban J connectivity index is 2.25. The van der Waals surface area contributed by atoms with E-state index in [1.165, 1.54) is 6.42 Å². The minimum Gasteiger partial charge on any atom is -0.460 e. The van der Waals surface area contributed by atoms with Crippen molar-refractivity contribution in [1.29, 1.82) is 0 Å². The second kappa shape index (κ2) is 9.13. The molecule has 3 atom stereocenters. The maximum atomic E-state index is 11.4. The van der Waals surface area contributed by atoms with Gasteiger partial charge in [0.25, 0.3) is 0 Å². The van der Waals surface area contributed by atoms with Crippen molar-refractivity contribution < 1.29 is 14.6 Å². The number of cyclic esters (lactones) is 1. The summed E-state index contributed by atoms with van der Waals surface area (Å²) in [7, 11) is 0. The largest absolute Gasteiger partial charge is 0.460 e. The molecule has 1 aliphatic heterocycles. The Morgan fingerprint density at radius 2 is 2.00 bits per heavy atom. The molecule has 19 heavy (non-hydrogen) atoms. The number of allylic oxidation sites excluding steroid dienone is 1. The van der Waals surface area contributed by atoms with Crippen LogP contribution in [0.1, 0.15) is 65.2 Å². The first-order valence-electron chi connectivity index (χ1n) is 7.74. The van der Waals surface area contributed by atoms with Crippen molar-refractivity contribution in [2.75, 3.05) is 0 Å². The van der Waals surface area contributed by atoms with Gasteiger partial charge >= 0.3 is 5.97 Å². The predicted molar refractivity (Wildman–Crippen MR) is 76.8 cm³/mol. The fourth-order valence-corrected chi connectivity index (χ4v) is 2.36. The molecule has 1 heterocycles. The zero-order valence-corrected chi connectivity index (χ0v) is 12.3. The summed E-state index contributed by atoms with van der Waals surface area (Å²) in [5.74, 6) is -0.267. The maximum Gasteiger partial charge on any atom is 0.316 e. The highest BCUT2D eigenvalue weighted by Gasteiger charge is 2.41. The first-order chi connectivity index (χ1) is 9.19. The van der Waals surface area contributed by atoms with E-state index in [1.807, 2.05) is 6.08 Å². The molecule has 0 bridgehead atoms. The number of ether oxygens (including phenoxy) is 1. The van der Waals surface area contributed by atoms with Crippen LogP contribution in [0.15, 0.2) is 12.2 Å². The van der Waals surface area contributed by atoms with Crippen LogP contribution in [0.5, 0.6) is 0 Å². The molecule has 110 valence electrons. The lowest BCUT2D eigenvalue weighted by molar-refractivity contribution is -0.182. The van der Waals surface area contributed by atoms with E-state index in [0.717, 1.165) is 38.5 Å². The van der Waals surface area contributed by atoms with Gasteiger partial charge in [0.15, 0.2) is 0 Å². The topological polar surface area (TPSA) is 46.5 Å². The van der Waals surface area contributed by atoms with Crippen LogP contribution >= 0.6 is 0 Å². The third-order valence-corrected chi connectivity index (χ3v) is 3.65. The molecule has 0 saturated carbocycles. The Labute approximate surface area is 117 Å². The van der Waals surface area contributed by atoms with Gasteiger partial charge in [-0.25, -0.2) is 0 Å². The summed E-state index contributed by atoms with van der Waals surface area (Å²) < 4.78 is 5.14. The van der Waals surface area contributed by atoms with Gasteiger partial charge < -0.3 is 9.84 Å². The molecule has 0 aromatic heterocycles. The number of rotatable bonds is 10. The molecule has 1 rings (SSSR count). The van der Waals surface area contributed by atoms with Gasteiger partial charge in [-0.15, -0.1) is 0 Å². The van der Waals surface area contributed by atoms with Crippen molar-refractivity contribution in [3.63, 3.8) is 0 Å². The SMILES string of the molecule is CCCC/C=C/C1C(=O)OC1CC(O)CCCCC. The third kappa shape index (κ3) is 5.77. The van der Waals surface area contributed by atoms with Crippen LogP contribution in [0, 0.1) is 5.92 Å². The second-order valence-corrected chi connectivity index (χ2v) is 5.46. The van der Waals surface area contributed by atoms with Crippen molar-refractivity contribution in [3.8, 4) is 0 Å². The molecule has 3 unspecified atom stereocenters. The van der Waals surface area contributed by atoms with Gasteiger partial charge in [0.2, 0.25) is 0 Å². The Bertz CT molecular complexity index is 286. The number of aliphatic hydroxyl groups is 1. The number of carbonyl (C=O) groups is 1. The normalized spacial score (nSPS) is 24.3. The van der Waals surface area contributed by atoms with Crippen molar-refractivity contribution in [1.82, 2.24) is 0 Å². The number of esters is 1. The predicted octanol–water partition coefficient (Wildman–Crippen LogP) is 3.61. The maximum absolute atomic E-state index is 11.4. The van der Waals surface area contributed by atoms with Crippen LogP contribution in [0.25, 0.3) is 0 Å². The zero-order chi connectivity index (χ0) is 14.1. The molecule has 0 aromatic carbocycles. The van der Waals surface area contributed by atoms with Gasteiger partial charge in [-0.3, -0.25) is 4.79 Å². The van der Waals surface area contributed by atoms with E-state index in [-0.39, 0.29) is 24.1 Å². The van der Waals surface area contributed by atoms with E-state index in [1.54, 1.807) is 0 Å². The highest BCUT2D eigenvalue weighted by atomic mass is 16.6. The zero-order valence-electron chi connectivity index (χ0n) is 12.3. The average molecular weight is 268 g/mol. The summed E-state index contributed by atoms with van der Waals surface area (Å²) in [5, 5.41) is 9.91. The van der Waals surface area contributed by atoms with Gasteiger partial charge in [0, 0.05) is 6.42 Å². The number of carbonyl (C=O) groups excluding carboxylic acids is 1. The van der Waals surface area contributed by atoms with Gasteiger partial charge in [0.1, 0.15) is 12.0 Å². The van der Waals surface area contributed by atoms with Crippen LogP contribution in [0.2, 0.25) is 0 Å². The van der Waals surface area contributed by atoms with E-state index in [4.69, 9.17) is 4.74 Å². The van der Waals surface area contributed by atoms with E-state index in [9.17, 15) is 9.90 Å². The highest BCUT2D eigenvalue weighted by Crippen LogP contribution is 2.28. The van der Waals surface area contributed by atoms with Crippen LogP contribution in [-0.2, 0) is 9.53 Å². The van der Waals surface area contributed by atoms with Gasteiger partial charge in [0.05, 0.1) is 6.10 Å². The molecular formula is C16H28O3. The number of hydrogen-bond donors (Lipinski definition) is 1.